The van der Waals surface area contributed by atoms with Crippen LogP contribution in [0.3, 0.4) is 0 Å². The molecule has 0 spiro atoms. The molecule has 2 heterocycles. The highest BCUT2D eigenvalue weighted by atomic mass is 16.5. The van der Waals surface area contributed by atoms with Crippen LogP contribution in [0.15, 0.2) is 52.7 Å². The molecule has 10 nitrogen and oxygen atoms in total. The van der Waals surface area contributed by atoms with E-state index >= 15 is 0 Å². The van der Waals surface area contributed by atoms with Crippen molar-refractivity contribution in [2.45, 2.75) is 6.61 Å². The monoisotopic (exact) mass is 393 g/mol. The molecule has 0 aliphatic heterocycles. The van der Waals surface area contributed by atoms with Gasteiger partial charge in [0.1, 0.15) is 5.69 Å². The number of nitrogens with one attached hydrogen (secondary N) is 1. The molecule has 0 saturated heterocycles. The third kappa shape index (κ3) is 3.32. The summed E-state index contributed by atoms with van der Waals surface area (Å²) in [6.45, 7) is 0.166. The maximum atomic E-state index is 11.3. The zero-order valence-electron chi connectivity index (χ0n) is 15.2. The Morgan fingerprint density at radius 1 is 1.10 bits per heavy atom. The molecule has 0 aliphatic rings. The number of carboxylic acids is 2. The van der Waals surface area contributed by atoms with Crippen LogP contribution in [0, 0.1) is 0 Å². The van der Waals surface area contributed by atoms with Crippen LogP contribution in [-0.4, -0.2) is 43.9 Å². The quantitative estimate of drug-likeness (QED) is 0.426. The van der Waals surface area contributed by atoms with Crippen LogP contribution in [-0.2, 0) is 11.3 Å². The highest BCUT2D eigenvalue weighted by Crippen LogP contribution is 2.31. The van der Waals surface area contributed by atoms with E-state index in [1.165, 1.54) is 31.4 Å². The maximum absolute atomic E-state index is 11.3. The van der Waals surface area contributed by atoms with E-state index in [1.54, 1.807) is 22.7 Å². The smallest absolute Gasteiger partial charge is 0.335 e. The highest BCUT2D eigenvalue weighted by molar-refractivity contribution is 5.94. The average molecular weight is 393 g/mol. The Balaban J connectivity index is 1.84. The molecule has 0 radical (unpaired) electrons. The van der Waals surface area contributed by atoms with Gasteiger partial charge in [-0.2, -0.15) is 10.2 Å². The molecule has 2 aromatic carbocycles. The van der Waals surface area contributed by atoms with Crippen LogP contribution in [0.1, 0.15) is 26.4 Å². The topological polar surface area (TPSA) is 142 Å². The second-order valence-electron chi connectivity index (χ2n) is 6.21. The minimum Gasteiger partial charge on any atom is -0.478 e. The molecule has 29 heavy (non-hydrogen) atoms. The first kappa shape index (κ1) is 18.3. The Bertz CT molecular complexity index is 1290. The summed E-state index contributed by atoms with van der Waals surface area (Å²) in [4.78, 5) is 25.6. The lowest BCUT2D eigenvalue weighted by molar-refractivity contribution is 0.0686. The number of carbonyl (C=O) groups is 2. The molecule has 0 unspecified atom stereocenters. The summed E-state index contributed by atoms with van der Waals surface area (Å²) in [5, 5.41) is 31.2. The summed E-state index contributed by atoms with van der Waals surface area (Å²) in [6.07, 6.45) is 0. The van der Waals surface area contributed by atoms with Gasteiger partial charge in [0, 0.05) is 7.11 Å². The zero-order valence-corrected chi connectivity index (χ0v) is 15.2. The van der Waals surface area contributed by atoms with Crippen molar-refractivity contribution in [1.29, 1.82) is 0 Å². The maximum Gasteiger partial charge on any atom is 0.335 e. The first-order valence-electron chi connectivity index (χ1n) is 8.48. The number of azo groups is 1. The van der Waals surface area contributed by atoms with Crippen LogP contribution >= 0.6 is 0 Å². The molecule has 0 saturated carbocycles. The Kier molecular flexibility index (Phi) is 4.53. The molecule has 4 aromatic rings. The average Bonchev–Trinajstić information content (AvgIpc) is 3.22. The highest BCUT2D eigenvalue weighted by Gasteiger charge is 2.18. The number of carboxylic acid groups (broad SMARTS) is 2. The fourth-order valence-electron chi connectivity index (χ4n) is 2.96. The Labute approximate surface area is 163 Å². The number of benzene rings is 2. The lowest BCUT2D eigenvalue weighted by atomic mass is 10.2. The molecule has 0 bridgehead atoms. The van der Waals surface area contributed by atoms with Crippen molar-refractivity contribution in [1.82, 2.24) is 14.6 Å². The molecular weight excluding hydrogens is 378 g/mol. The summed E-state index contributed by atoms with van der Waals surface area (Å²) < 4.78 is 6.73. The molecule has 10 heteroatoms. The van der Waals surface area contributed by atoms with Crippen molar-refractivity contribution in [3.8, 4) is 0 Å². The predicted molar refractivity (Wildman–Crippen MR) is 102 cm³/mol. The van der Waals surface area contributed by atoms with E-state index in [2.05, 4.69) is 20.3 Å². The van der Waals surface area contributed by atoms with Gasteiger partial charge in [-0.25, -0.2) is 14.1 Å². The number of hydrogen-bond acceptors (Lipinski definition) is 6. The number of rotatable bonds is 6. The summed E-state index contributed by atoms with van der Waals surface area (Å²) in [6, 6.07) is 10.8. The molecule has 0 amide bonds. The molecule has 0 fully saturated rings. The molecule has 0 atom stereocenters. The number of aromatic carboxylic acids is 2. The van der Waals surface area contributed by atoms with Crippen molar-refractivity contribution < 1.29 is 24.5 Å². The van der Waals surface area contributed by atoms with Gasteiger partial charge in [-0.15, -0.1) is 5.11 Å². The van der Waals surface area contributed by atoms with Gasteiger partial charge in [-0.1, -0.05) is 6.07 Å². The number of nitrogens with zero attached hydrogens (tertiary/aromatic N) is 4. The summed E-state index contributed by atoms with van der Waals surface area (Å²) in [7, 11) is 1.52. The van der Waals surface area contributed by atoms with E-state index in [0.717, 1.165) is 0 Å². The van der Waals surface area contributed by atoms with Gasteiger partial charge in [0.05, 0.1) is 34.5 Å². The normalized spacial score (nSPS) is 11.6. The Morgan fingerprint density at radius 3 is 2.59 bits per heavy atom. The molecule has 146 valence electrons. The lowest BCUT2D eigenvalue weighted by Gasteiger charge is -1.98. The number of H-pyrrole nitrogens is 1. The number of imidazole rings is 1. The molecular formula is C19H15N5O5. The Hall–Kier alpha value is -4.05. The van der Waals surface area contributed by atoms with Crippen LogP contribution in [0.2, 0.25) is 0 Å². The molecule has 2 aromatic heterocycles. The number of methoxy groups -OCH3 is 1. The van der Waals surface area contributed by atoms with Crippen molar-refractivity contribution >= 4 is 40.0 Å². The Morgan fingerprint density at radius 2 is 1.86 bits per heavy atom. The van der Waals surface area contributed by atoms with Gasteiger partial charge in [0.2, 0.25) is 0 Å². The fourth-order valence-corrected chi connectivity index (χ4v) is 2.96. The first-order chi connectivity index (χ1) is 14.0. The lowest BCUT2D eigenvalue weighted by Crippen LogP contribution is -1.96. The van der Waals surface area contributed by atoms with Gasteiger partial charge >= 0.3 is 11.9 Å². The van der Waals surface area contributed by atoms with Crippen molar-refractivity contribution in [3.63, 3.8) is 0 Å². The number of aromatic amines is 1. The minimum absolute atomic E-state index is 0.102. The first-order valence-corrected chi connectivity index (χ1v) is 8.48. The number of aromatic nitrogens is 3. The molecule has 0 aliphatic carbocycles. The van der Waals surface area contributed by atoms with Gasteiger partial charge in [-0.05, 0) is 36.4 Å². The molecule has 4 rings (SSSR count). The van der Waals surface area contributed by atoms with E-state index in [1.807, 2.05) is 0 Å². The van der Waals surface area contributed by atoms with Crippen LogP contribution in [0.5, 0.6) is 0 Å². The SMILES string of the molecule is COCc1nn2c([nH]c3ccc(C(=O)O)cc32)c1/N=N/c1cccc(C(=O)O)c1. The summed E-state index contributed by atoms with van der Waals surface area (Å²) >= 11 is 0. The van der Waals surface area contributed by atoms with Crippen molar-refractivity contribution in [2.75, 3.05) is 7.11 Å². The van der Waals surface area contributed by atoms with E-state index in [9.17, 15) is 14.7 Å². The number of fused-ring (bicyclic) bond motifs is 3. The van der Waals surface area contributed by atoms with Gasteiger partial charge in [0.15, 0.2) is 11.3 Å². The van der Waals surface area contributed by atoms with Crippen LogP contribution in [0.4, 0.5) is 11.4 Å². The number of hydrogen-bond donors (Lipinski definition) is 3. The third-order valence-corrected chi connectivity index (χ3v) is 4.30. The second-order valence-corrected chi connectivity index (χ2v) is 6.21. The van der Waals surface area contributed by atoms with Crippen molar-refractivity contribution in [3.05, 3.63) is 59.3 Å². The molecule has 3 N–H and O–H groups in total. The fraction of sp³-hybridized carbons (Fsp3) is 0.105. The van der Waals surface area contributed by atoms with E-state index < -0.39 is 11.9 Å². The predicted octanol–water partition coefficient (Wildman–Crippen LogP) is 3.77. The minimum atomic E-state index is -1.06. The summed E-state index contributed by atoms with van der Waals surface area (Å²) in [5.41, 5.74) is 3.31. The van der Waals surface area contributed by atoms with E-state index in [0.29, 0.717) is 33.7 Å². The second kappa shape index (κ2) is 7.17. The van der Waals surface area contributed by atoms with Crippen molar-refractivity contribution in [2.24, 2.45) is 10.2 Å². The van der Waals surface area contributed by atoms with E-state index in [-0.39, 0.29) is 17.7 Å². The largest absolute Gasteiger partial charge is 0.478 e. The van der Waals surface area contributed by atoms with Crippen LogP contribution < -0.4 is 0 Å². The standard InChI is InChI=1S/C19H15N5O5/c1-29-9-14-16(22-21-12-4-2-3-10(7-12)18(25)26)17-20-13-6-5-11(19(27)28)8-15(13)24(17)23-14/h2-8,20H,9H2,1H3,(H,25,26)(H,27,28)/b22-21+. The van der Waals surface area contributed by atoms with Gasteiger partial charge in [0.25, 0.3) is 0 Å². The number of ether oxygens (including phenoxy) is 1. The zero-order chi connectivity index (χ0) is 20.5. The van der Waals surface area contributed by atoms with E-state index in [4.69, 9.17) is 9.84 Å². The van der Waals surface area contributed by atoms with Gasteiger partial charge in [-0.3, -0.25) is 0 Å². The third-order valence-electron chi connectivity index (χ3n) is 4.30. The van der Waals surface area contributed by atoms with Crippen LogP contribution in [0.25, 0.3) is 16.7 Å². The summed E-state index contributed by atoms with van der Waals surface area (Å²) in [5.74, 6) is -2.09. The van der Waals surface area contributed by atoms with Gasteiger partial charge < -0.3 is 19.9 Å².